The highest BCUT2D eigenvalue weighted by molar-refractivity contribution is 7.09. The van der Waals surface area contributed by atoms with Crippen LogP contribution in [0.4, 0.5) is 5.69 Å². The van der Waals surface area contributed by atoms with E-state index in [1.54, 1.807) is 23.5 Å². The Kier molecular flexibility index (Phi) is 5.44. The number of benzene rings is 1. The quantitative estimate of drug-likeness (QED) is 0.557. The Labute approximate surface area is 144 Å². The zero-order valence-corrected chi connectivity index (χ0v) is 14.0. The lowest BCUT2D eigenvalue weighted by atomic mass is 10.3. The van der Waals surface area contributed by atoms with Gasteiger partial charge in [0.25, 0.3) is 5.69 Å². The fraction of sp³-hybridized carbons (Fsp3) is 0.412. The van der Waals surface area contributed by atoms with E-state index >= 15 is 0 Å². The minimum absolute atomic E-state index is 0.0145. The third kappa shape index (κ3) is 4.77. The van der Waals surface area contributed by atoms with Gasteiger partial charge in [0.05, 0.1) is 11.0 Å². The van der Waals surface area contributed by atoms with Crippen LogP contribution in [0.15, 0.2) is 41.8 Å². The molecule has 0 amide bonds. The molecule has 0 aliphatic heterocycles. The Morgan fingerprint density at radius 1 is 1.38 bits per heavy atom. The summed E-state index contributed by atoms with van der Waals surface area (Å²) >= 11 is 1.72. The zero-order chi connectivity index (χ0) is 16.9. The molecule has 1 aliphatic carbocycles. The number of rotatable bonds is 9. The molecule has 7 heteroatoms. The number of nitrogens with zero attached hydrogens (tertiary/aromatic N) is 2. The first-order chi connectivity index (χ1) is 11.6. The van der Waals surface area contributed by atoms with E-state index in [1.165, 1.54) is 29.9 Å². The van der Waals surface area contributed by atoms with E-state index in [2.05, 4.69) is 16.3 Å². The van der Waals surface area contributed by atoms with Crippen molar-refractivity contribution in [1.29, 1.82) is 0 Å². The number of ether oxygens (including phenoxy) is 1. The lowest BCUT2D eigenvalue weighted by Gasteiger charge is -2.24. The molecule has 1 aliphatic rings. The van der Waals surface area contributed by atoms with Gasteiger partial charge in [0.15, 0.2) is 0 Å². The van der Waals surface area contributed by atoms with E-state index < -0.39 is 11.0 Å². The van der Waals surface area contributed by atoms with Crippen LogP contribution in [0.25, 0.3) is 0 Å². The second-order valence-corrected chi connectivity index (χ2v) is 6.99. The van der Waals surface area contributed by atoms with E-state index in [0.29, 0.717) is 18.3 Å². The SMILES string of the molecule is O=[N+]([O-])c1cccc(OCC(O)CN(Cc2cccs2)C2CC2)c1. The number of aliphatic hydroxyl groups is 1. The Morgan fingerprint density at radius 2 is 2.21 bits per heavy atom. The molecule has 1 N–H and O–H groups in total. The largest absolute Gasteiger partial charge is 0.491 e. The summed E-state index contributed by atoms with van der Waals surface area (Å²) in [4.78, 5) is 13.9. The molecule has 2 aromatic rings. The van der Waals surface area contributed by atoms with Crippen LogP contribution in [0.5, 0.6) is 5.75 Å². The van der Waals surface area contributed by atoms with E-state index in [4.69, 9.17) is 4.74 Å². The van der Waals surface area contributed by atoms with Crippen LogP contribution in [0.1, 0.15) is 17.7 Å². The number of hydrogen-bond donors (Lipinski definition) is 1. The van der Waals surface area contributed by atoms with Gasteiger partial charge in [0, 0.05) is 30.1 Å². The smallest absolute Gasteiger partial charge is 0.273 e. The highest BCUT2D eigenvalue weighted by Crippen LogP contribution is 2.29. The zero-order valence-electron chi connectivity index (χ0n) is 13.2. The summed E-state index contributed by atoms with van der Waals surface area (Å²) in [6, 6.07) is 10.7. The first kappa shape index (κ1) is 16.9. The highest BCUT2D eigenvalue weighted by Gasteiger charge is 2.30. The van der Waals surface area contributed by atoms with Gasteiger partial charge in [-0.25, -0.2) is 0 Å². The summed E-state index contributed by atoms with van der Waals surface area (Å²) in [5, 5.41) is 23.1. The highest BCUT2D eigenvalue weighted by atomic mass is 32.1. The van der Waals surface area contributed by atoms with E-state index in [9.17, 15) is 15.2 Å². The summed E-state index contributed by atoms with van der Waals surface area (Å²) in [6.07, 6.45) is 1.71. The topological polar surface area (TPSA) is 75.8 Å². The normalized spacial score (nSPS) is 15.4. The van der Waals surface area contributed by atoms with Crippen molar-refractivity contribution < 1.29 is 14.8 Å². The third-order valence-corrected chi connectivity index (χ3v) is 4.78. The van der Waals surface area contributed by atoms with Crippen molar-refractivity contribution >= 4 is 17.0 Å². The molecule has 1 fully saturated rings. The van der Waals surface area contributed by atoms with Crippen molar-refractivity contribution in [2.75, 3.05) is 13.2 Å². The molecule has 6 nitrogen and oxygen atoms in total. The summed E-state index contributed by atoms with van der Waals surface area (Å²) in [5.74, 6) is 0.402. The average molecular weight is 348 g/mol. The standard InChI is InChI=1S/C17H20N2O4S/c20-15(12-23-16-4-1-3-14(9-16)19(21)22)10-18(13-6-7-13)11-17-5-2-8-24-17/h1-5,8-9,13,15,20H,6-7,10-12H2. The van der Waals surface area contributed by atoms with Crippen molar-refractivity contribution in [3.05, 3.63) is 56.8 Å². The monoisotopic (exact) mass is 348 g/mol. The van der Waals surface area contributed by atoms with Gasteiger partial charge in [-0.2, -0.15) is 0 Å². The molecule has 128 valence electrons. The fourth-order valence-electron chi connectivity index (χ4n) is 2.59. The molecule has 24 heavy (non-hydrogen) atoms. The van der Waals surface area contributed by atoms with Crippen LogP contribution in [-0.2, 0) is 6.54 Å². The van der Waals surface area contributed by atoms with E-state index in [1.807, 2.05) is 6.07 Å². The lowest BCUT2D eigenvalue weighted by molar-refractivity contribution is -0.384. The van der Waals surface area contributed by atoms with Gasteiger partial charge in [-0.1, -0.05) is 12.1 Å². The molecular formula is C17H20N2O4S. The van der Waals surface area contributed by atoms with Crippen LogP contribution >= 0.6 is 11.3 Å². The Hall–Kier alpha value is -1.96. The maximum Gasteiger partial charge on any atom is 0.273 e. The van der Waals surface area contributed by atoms with Crippen molar-refractivity contribution in [3.8, 4) is 5.75 Å². The van der Waals surface area contributed by atoms with Gasteiger partial charge in [-0.15, -0.1) is 11.3 Å². The second-order valence-electron chi connectivity index (χ2n) is 5.96. The third-order valence-electron chi connectivity index (χ3n) is 3.92. The summed E-state index contributed by atoms with van der Waals surface area (Å²) in [5.41, 5.74) is -0.0145. The predicted molar refractivity (Wildman–Crippen MR) is 92.3 cm³/mol. The number of aliphatic hydroxyl groups excluding tert-OH is 1. The Bertz CT molecular complexity index is 673. The Morgan fingerprint density at radius 3 is 2.88 bits per heavy atom. The number of nitro groups is 1. The van der Waals surface area contributed by atoms with Crippen LogP contribution in [0, 0.1) is 10.1 Å². The molecule has 1 unspecified atom stereocenters. The molecule has 1 aromatic heterocycles. The average Bonchev–Trinajstić information content (AvgIpc) is 3.30. The van der Waals surface area contributed by atoms with Crippen molar-refractivity contribution in [3.63, 3.8) is 0 Å². The first-order valence-electron chi connectivity index (χ1n) is 7.93. The number of non-ortho nitro benzene ring substituents is 1. The van der Waals surface area contributed by atoms with Crippen molar-refractivity contribution in [2.24, 2.45) is 0 Å². The molecule has 0 saturated heterocycles. The molecule has 1 atom stereocenters. The minimum atomic E-state index is -0.634. The number of nitro benzene ring substituents is 1. The van der Waals surface area contributed by atoms with Gasteiger partial charge in [0.1, 0.15) is 18.5 Å². The molecule has 1 heterocycles. The molecule has 1 saturated carbocycles. The van der Waals surface area contributed by atoms with Gasteiger partial charge in [0.2, 0.25) is 0 Å². The van der Waals surface area contributed by atoms with Crippen LogP contribution in [0.3, 0.4) is 0 Å². The van der Waals surface area contributed by atoms with E-state index in [-0.39, 0.29) is 12.3 Å². The minimum Gasteiger partial charge on any atom is -0.491 e. The van der Waals surface area contributed by atoms with Crippen LogP contribution < -0.4 is 4.74 Å². The van der Waals surface area contributed by atoms with Crippen molar-refractivity contribution in [2.45, 2.75) is 31.5 Å². The molecular weight excluding hydrogens is 328 g/mol. The molecule has 0 bridgehead atoms. The first-order valence-corrected chi connectivity index (χ1v) is 8.81. The number of thiophene rings is 1. The summed E-state index contributed by atoms with van der Waals surface area (Å²) < 4.78 is 5.52. The lowest BCUT2D eigenvalue weighted by Crippen LogP contribution is -2.36. The van der Waals surface area contributed by atoms with Crippen LogP contribution in [0.2, 0.25) is 0 Å². The van der Waals surface area contributed by atoms with Crippen molar-refractivity contribution in [1.82, 2.24) is 4.90 Å². The van der Waals surface area contributed by atoms with Gasteiger partial charge < -0.3 is 9.84 Å². The molecule has 0 spiro atoms. The van der Waals surface area contributed by atoms with E-state index in [0.717, 1.165) is 6.54 Å². The molecule has 3 rings (SSSR count). The van der Waals surface area contributed by atoms with Crippen LogP contribution in [-0.4, -0.2) is 40.2 Å². The molecule has 0 radical (unpaired) electrons. The predicted octanol–water partition coefficient (Wildman–Crippen LogP) is 3.06. The Balaban J connectivity index is 1.51. The fourth-order valence-corrected chi connectivity index (χ4v) is 3.32. The molecule has 1 aromatic carbocycles. The summed E-state index contributed by atoms with van der Waals surface area (Å²) in [6.45, 7) is 1.50. The van der Waals surface area contributed by atoms with Gasteiger partial charge in [-0.05, 0) is 30.4 Å². The van der Waals surface area contributed by atoms with Gasteiger partial charge in [-0.3, -0.25) is 15.0 Å². The maximum atomic E-state index is 10.8. The second kappa shape index (κ2) is 7.74. The number of hydrogen-bond acceptors (Lipinski definition) is 6. The van der Waals surface area contributed by atoms with Gasteiger partial charge >= 0.3 is 0 Å². The summed E-state index contributed by atoms with van der Waals surface area (Å²) in [7, 11) is 0. The maximum absolute atomic E-state index is 10.8.